The van der Waals surface area contributed by atoms with Crippen molar-refractivity contribution in [3.8, 4) is 0 Å². The van der Waals surface area contributed by atoms with Gasteiger partial charge in [0.05, 0.1) is 19.2 Å². The maximum Gasteiger partial charge on any atom is 0.407 e. The van der Waals surface area contributed by atoms with E-state index >= 15 is 0 Å². The van der Waals surface area contributed by atoms with Crippen LogP contribution < -0.4 is 4.90 Å². The van der Waals surface area contributed by atoms with Crippen molar-refractivity contribution in [3.63, 3.8) is 0 Å². The Morgan fingerprint density at radius 3 is 2.63 bits per heavy atom. The molecule has 2 amide bonds. The van der Waals surface area contributed by atoms with Gasteiger partial charge in [-0.25, -0.2) is 4.79 Å². The molecule has 0 aliphatic carbocycles. The Bertz CT molecular complexity index is 754. The predicted molar refractivity (Wildman–Crippen MR) is 103 cm³/mol. The Hall–Kier alpha value is -1.83. The number of nitrogens with zero attached hydrogens (tertiary/aromatic N) is 3. The average molecular weight is 396 g/mol. The Balaban J connectivity index is 1.78. The number of aliphatic hydroxyl groups excluding tert-OH is 1. The van der Waals surface area contributed by atoms with Gasteiger partial charge in [0.15, 0.2) is 0 Å². The number of aliphatic hydroxyl groups is 1. The number of hydrogen-bond donors (Lipinski definition) is 2. The molecule has 0 bridgehead atoms. The molecule has 2 aliphatic rings. The molecule has 0 aromatic heterocycles. The van der Waals surface area contributed by atoms with Crippen LogP contribution in [0, 0.1) is 0 Å². The van der Waals surface area contributed by atoms with E-state index in [1.807, 2.05) is 30.0 Å². The molecule has 8 heteroatoms. The third-order valence-electron chi connectivity index (χ3n) is 5.58. The lowest BCUT2D eigenvalue weighted by Crippen LogP contribution is -2.61. The zero-order chi connectivity index (χ0) is 19.9. The first kappa shape index (κ1) is 19.9. The van der Waals surface area contributed by atoms with Gasteiger partial charge in [0, 0.05) is 41.8 Å². The summed E-state index contributed by atoms with van der Waals surface area (Å²) in [5.74, 6) is -0.0708. The first-order valence-corrected chi connectivity index (χ1v) is 9.46. The molecule has 1 fully saturated rings. The second-order valence-corrected chi connectivity index (χ2v) is 8.51. The largest absolute Gasteiger partial charge is 0.465 e. The van der Waals surface area contributed by atoms with E-state index in [-0.39, 0.29) is 37.1 Å². The SMILES string of the molecule is C[C@@H]1CN(CC(=O)N2CC(C)(C)c3ccc(Cl)cc32)[C@@H](CO)CN1C(=O)O. The third-order valence-corrected chi connectivity index (χ3v) is 5.82. The third kappa shape index (κ3) is 3.77. The molecule has 3 rings (SSSR count). The van der Waals surface area contributed by atoms with E-state index in [2.05, 4.69) is 13.8 Å². The number of fused-ring (bicyclic) bond motifs is 1. The van der Waals surface area contributed by atoms with E-state index in [9.17, 15) is 19.8 Å². The van der Waals surface area contributed by atoms with E-state index in [1.165, 1.54) is 4.90 Å². The van der Waals surface area contributed by atoms with Crippen LogP contribution in [0.1, 0.15) is 26.3 Å². The maximum atomic E-state index is 13.1. The molecule has 0 saturated carbocycles. The highest BCUT2D eigenvalue weighted by Crippen LogP contribution is 2.41. The predicted octanol–water partition coefficient (Wildman–Crippen LogP) is 2.01. The second-order valence-electron chi connectivity index (χ2n) is 8.08. The zero-order valence-electron chi connectivity index (χ0n) is 15.9. The van der Waals surface area contributed by atoms with Gasteiger partial charge in [-0.2, -0.15) is 0 Å². The summed E-state index contributed by atoms with van der Waals surface area (Å²) in [7, 11) is 0. The average Bonchev–Trinajstić information content (AvgIpc) is 2.85. The Labute approximate surface area is 164 Å². The first-order valence-electron chi connectivity index (χ1n) is 9.09. The normalized spacial score (nSPS) is 24.8. The summed E-state index contributed by atoms with van der Waals surface area (Å²) in [5, 5.41) is 19.6. The van der Waals surface area contributed by atoms with E-state index in [0.29, 0.717) is 18.1 Å². The van der Waals surface area contributed by atoms with Gasteiger partial charge in [0.1, 0.15) is 0 Å². The molecule has 2 atom stereocenters. The fourth-order valence-corrected chi connectivity index (χ4v) is 4.26. The van der Waals surface area contributed by atoms with Gasteiger partial charge >= 0.3 is 6.09 Å². The van der Waals surface area contributed by atoms with Gasteiger partial charge in [-0.05, 0) is 24.6 Å². The molecule has 1 saturated heterocycles. The summed E-state index contributed by atoms with van der Waals surface area (Å²) in [4.78, 5) is 29.4. The minimum Gasteiger partial charge on any atom is -0.465 e. The Kier molecular flexibility index (Phi) is 5.38. The molecule has 27 heavy (non-hydrogen) atoms. The fraction of sp³-hybridized carbons (Fsp3) is 0.579. The summed E-state index contributed by atoms with van der Waals surface area (Å²) in [5.41, 5.74) is 1.75. The van der Waals surface area contributed by atoms with Crippen molar-refractivity contribution < 1.29 is 19.8 Å². The maximum absolute atomic E-state index is 13.1. The van der Waals surface area contributed by atoms with Crippen molar-refractivity contribution in [1.29, 1.82) is 0 Å². The minimum absolute atomic E-state index is 0.0708. The number of hydrogen-bond acceptors (Lipinski definition) is 4. The van der Waals surface area contributed by atoms with E-state index in [4.69, 9.17) is 11.6 Å². The number of rotatable bonds is 3. The minimum atomic E-state index is -1.00. The van der Waals surface area contributed by atoms with Crippen molar-refractivity contribution in [2.45, 2.75) is 38.3 Å². The molecule has 2 N–H and O–H groups in total. The number of amides is 2. The summed E-state index contributed by atoms with van der Waals surface area (Å²) in [6, 6.07) is 4.99. The highest BCUT2D eigenvalue weighted by molar-refractivity contribution is 6.31. The topological polar surface area (TPSA) is 84.3 Å². The van der Waals surface area contributed by atoms with E-state index in [0.717, 1.165) is 11.3 Å². The van der Waals surface area contributed by atoms with Gasteiger partial charge in [-0.1, -0.05) is 31.5 Å². The zero-order valence-corrected chi connectivity index (χ0v) is 16.6. The smallest absolute Gasteiger partial charge is 0.407 e. The quantitative estimate of drug-likeness (QED) is 0.817. The lowest BCUT2D eigenvalue weighted by molar-refractivity contribution is -0.121. The van der Waals surface area contributed by atoms with Gasteiger partial charge in [0.2, 0.25) is 5.91 Å². The van der Waals surface area contributed by atoms with Crippen molar-refractivity contribution >= 4 is 29.3 Å². The monoisotopic (exact) mass is 395 g/mol. The van der Waals surface area contributed by atoms with Crippen LogP contribution in [-0.4, -0.2) is 76.9 Å². The van der Waals surface area contributed by atoms with Crippen molar-refractivity contribution in [2.75, 3.05) is 37.7 Å². The molecular weight excluding hydrogens is 370 g/mol. The Morgan fingerprint density at radius 2 is 2.00 bits per heavy atom. The summed E-state index contributed by atoms with van der Waals surface area (Å²) < 4.78 is 0. The number of anilines is 1. The summed E-state index contributed by atoms with van der Waals surface area (Å²) >= 11 is 6.15. The summed E-state index contributed by atoms with van der Waals surface area (Å²) in [6.45, 7) is 7.09. The highest BCUT2D eigenvalue weighted by Gasteiger charge is 2.40. The van der Waals surface area contributed by atoms with Gasteiger partial charge in [0.25, 0.3) is 0 Å². The second kappa shape index (κ2) is 7.30. The van der Waals surface area contributed by atoms with Gasteiger partial charge in [-0.15, -0.1) is 0 Å². The number of carboxylic acid groups (broad SMARTS) is 1. The van der Waals surface area contributed by atoms with Gasteiger partial charge in [-0.3, -0.25) is 9.69 Å². The number of halogens is 1. The molecule has 0 radical (unpaired) electrons. The molecule has 7 nitrogen and oxygen atoms in total. The van der Waals surface area contributed by atoms with Crippen LogP contribution in [0.2, 0.25) is 5.02 Å². The van der Waals surface area contributed by atoms with E-state index < -0.39 is 12.1 Å². The van der Waals surface area contributed by atoms with Crippen molar-refractivity contribution in [2.24, 2.45) is 0 Å². The molecule has 1 aromatic rings. The van der Waals surface area contributed by atoms with E-state index in [1.54, 1.807) is 4.90 Å². The van der Waals surface area contributed by atoms with Crippen LogP contribution in [0.4, 0.5) is 10.5 Å². The van der Waals surface area contributed by atoms with Crippen molar-refractivity contribution in [1.82, 2.24) is 9.80 Å². The fourth-order valence-electron chi connectivity index (χ4n) is 4.09. The van der Waals surface area contributed by atoms with Crippen LogP contribution in [-0.2, 0) is 10.2 Å². The Morgan fingerprint density at radius 1 is 1.30 bits per heavy atom. The van der Waals surface area contributed by atoms with Crippen LogP contribution in [0.5, 0.6) is 0 Å². The highest BCUT2D eigenvalue weighted by atomic mass is 35.5. The molecule has 1 aromatic carbocycles. The lowest BCUT2D eigenvalue weighted by Gasteiger charge is -2.43. The molecular formula is C19H26ClN3O4. The van der Waals surface area contributed by atoms with Crippen molar-refractivity contribution in [3.05, 3.63) is 28.8 Å². The molecule has 0 unspecified atom stereocenters. The number of carbonyl (C=O) groups excluding carboxylic acids is 1. The van der Waals surface area contributed by atoms with Gasteiger partial charge < -0.3 is 20.0 Å². The lowest BCUT2D eigenvalue weighted by atomic mass is 9.87. The van der Waals surface area contributed by atoms with Crippen LogP contribution >= 0.6 is 11.6 Å². The molecule has 0 spiro atoms. The number of piperazine rings is 1. The molecule has 148 valence electrons. The summed E-state index contributed by atoms with van der Waals surface area (Å²) in [6.07, 6.45) is -1.00. The van der Waals surface area contributed by atoms with Crippen LogP contribution in [0.3, 0.4) is 0 Å². The molecule has 2 heterocycles. The first-order chi connectivity index (χ1) is 12.6. The molecule has 2 aliphatic heterocycles. The standard InChI is InChI=1S/C19H26ClN3O4/c1-12-7-21(14(10-24)8-22(12)18(26)27)9-17(25)23-11-19(2,3)15-5-4-13(20)6-16(15)23/h4-6,12,14,24H,7-11H2,1-3H3,(H,26,27)/t12-,14-/m1/s1. The number of carbonyl (C=O) groups is 2. The van der Waals surface area contributed by atoms with Crippen LogP contribution in [0.25, 0.3) is 0 Å². The van der Waals surface area contributed by atoms with Crippen LogP contribution in [0.15, 0.2) is 18.2 Å². The number of benzene rings is 1.